The number of hydrogen-bond acceptors (Lipinski definition) is 2. The van der Waals surface area contributed by atoms with E-state index in [4.69, 9.17) is 0 Å². The lowest BCUT2D eigenvalue weighted by atomic mass is 9.36. The molecule has 0 spiro atoms. The summed E-state index contributed by atoms with van der Waals surface area (Å²) in [6.45, 7) is 21.0. The van der Waals surface area contributed by atoms with Crippen LogP contribution >= 0.6 is 11.3 Å². The number of aromatic nitrogens is 2. The highest BCUT2D eigenvalue weighted by Crippen LogP contribution is 2.49. The number of nitrogens with zero attached hydrogens (tertiary/aromatic N) is 3. The number of hydrogen-bond donors (Lipinski definition) is 0. The Kier molecular flexibility index (Phi) is 7.41. The largest absolute Gasteiger partial charge is 0.310 e. The van der Waals surface area contributed by atoms with Crippen molar-refractivity contribution in [2.45, 2.75) is 78.6 Å². The molecule has 0 aliphatic carbocycles. The van der Waals surface area contributed by atoms with Crippen molar-refractivity contribution in [3.8, 4) is 11.4 Å². The molecule has 0 N–H and O–H groups in total. The fourth-order valence-electron chi connectivity index (χ4n) is 10.6. The lowest BCUT2D eigenvalue weighted by molar-refractivity contribution is 0.589. The standard InChI is InChI=1S/C56H50BN3S/c1-54(2,3)33-23-26-37(27-24-33)59-45-30-35(56(7,8)9)31-46-48(45)57(53-52(59)42-29-34(55(4,5)6)25-28-47(42)61-53)49-50-40(32-41-39-20-14-16-22-44(39)60(46)51(41)49)38-19-13-15-21-43(38)58(50)36-17-11-10-12-18-36/h10-32H,1-9H3. The molecule has 0 unspecified atom stereocenters. The Bertz CT molecular complexity index is 3470. The molecule has 61 heavy (non-hydrogen) atoms. The molecule has 5 heteroatoms. The summed E-state index contributed by atoms with van der Waals surface area (Å²) >= 11 is 2.00. The van der Waals surface area contributed by atoms with E-state index in [9.17, 15) is 0 Å². The fourth-order valence-corrected chi connectivity index (χ4v) is 11.9. The number of rotatable bonds is 2. The van der Waals surface area contributed by atoms with Crippen molar-refractivity contribution in [1.82, 2.24) is 9.13 Å². The highest BCUT2D eigenvalue weighted by molar-refractivity contribution is 7.34. The Balaban J connectivity index is 1.33. The van der Waals surface area contributed by atoms with Gasteiger partial charge >= 0.3 is 0 Å². The van der Waals surface area contributed by atoms with E-state index in [1.54, 1.807) is 0 Å². The van der Waals surface area contributed by atoms with Crippen LogP contribution in [0.25, 0.3) is 65.1 Å². The van der Waals surface area contributed by atoms with Crippen LogP contribution in [0.4, 0.5) is 17.1 Å². The van der Waals surface area contributed by atoms with Gasteiger partial charge in [-0.25, -0.2) is 0 Å². The second-order valence-corrected chi connectivity index (χ2v) is 21.7. The maximum absolute atomic E-state index is 2.65. The number of fused-ring (bicyclic) bond motifs is 13. The Morgan fingerprint density at radius 1 is 0.426 bits per heavy atom. The third kappa shape index (κ3) is 5.10. The summed E-state index contributed by atoms with van der Waals surface area (Å²) in [6, 6.07) is 53.6. The molecule has 2 aliphatic heterocycles. The molecular weight excluding hydrogens is 758 g/mol. The number of para-hydroxylation sites is 3. The molecule has 0 radical (unpaired) electrons. The first-order valence-electron chi connectivity index (χ1n) is 21.9. The molecular formula is C56H50BN3S. The first-order valence-corrected chi connectivity index (χ1v) is 22.7. The smallest absolute Gasteiger partial charge is 0.267 e. The predicted octanol–water partition coefficient (Wildman–Crippen LogP) is 13.6. The lowest BCUT2D eigenvalue weighted by Crippen LogP contribution is -2.60. The summed E-state index contributed by atoms with van der Waals surface area (Å²) < 4.78 is 7.96. The average molecular weight is 808 g/mol. The molecule has 5 heterocycles. The van der Waals surface area contributed by atoms with E-state index in [1.165, 1.54) is 115 Å². The maximum Gasteiger partial charge on any atom is 0.267 e. The zero-order valence-corrected chi connectivity index (χ0v) is 37.4. The van der Waals surface area contributed by atoms with E-state index < -0.39 is 0 Å². The number of anilines is 3. The molecule has 3 nitrogen and oxygen atoms in total. The molecule has 12 rings (SSSR count). The number of thiophene rings is 1. The summed E-state index contributed by atoms with van der Waals surface area (Å²) in [7, 11) is 0. The normalized spacial score (nSPS) is 13.9. The molecule has 7 aromatic carbocycles. The van der Waals surface area contributed by atoms with E-state index in [2.05, 4.69) is 216 Å². The van der Waals surface area contributed by atoms with Crippen LogP contribution in [0.5, 0.6) is 0 Å². The van der Waals surface area contributed by atoms with Crippen LogP contribution in [0.15, 0.2) is 140 Å². The van der Waals surface area contributed by atoms with Gasteiger partial charge < -0.3 is 14.0 Å². The van der Waals surface area contributed by atoms with Gasteiger partial charge in [-0.2, -0.15) is 0 Å². The van der Waals surface area contributed by atoms with Gasteiger partial charge in [0.05, 0.1) is 27.8 Å². The summed E-state index contributed by atoms with van der Waals surface area (Å²) in [5.41, 5.74) is 18.2. The molecule has 0 amide bonds. The van der Waals surface area contributed by atoms with Crippen molar-refractivity contribution in [3.63, 3.8) is 0 Å². The molecule has 298 valence electrons. The predicted molar refractivity (Wildman–Crippen MR) is 266 cm³/mol. The van der Waals surface area contributed by atoms with Crippen LogP contribution in [0.2, 0.25) is 0 Å². The highest BCUT2D eigenvalue weighted by atomic mass is 32.1. The zero-order valence-electron chi connectivity index (χ0n) is 36.6. The molecule has 3 aromatic heterocycles. The molecule has 0 fully saturated rings. The van der Waals surface area contributed by atoms with Gasteiger partial charge in [0.2, 0.25) is 0 Å². The van der Waals surface area contributed by atoms with Crippen LogP contribution in [0.1, 0.15) is 79.0 Å². The molecule has 0 bridgehead atoms. The quantitative estimate of drug-likeness (QED) is 0.159. The van der Waals surface area contributed by atoms with Crippen molar-refractivity contribution < 1.29 is 0 Å². The van der Waals surface area contributed by atoms with Crippen LogP contribution in [-0.4, -0.2) is 15.8 Å². The van der Waals surface area contributed by atoms with Gasteiger partial charge in [0.1, 0.15) is 0 Å². The number of benzene rings is 7. The molecule has 0 saturated carbocycles. The average Bonchev–Trinajstić information content (AvgIpc) is 3.89. The Labute approximate surface area is 362 Å². The van der Waals surface area contributed by atoms with Crippen LogP contribution in [0, 0.1) is 0 Å². The fraction of sp³-hybridized carbons (Fsp3) is 0.214. The van der Waals surface area contributed by atoms with Crippen molar-refractivity contribution in [2.24, 2.45) is 0 Å². The Morgan fingerprint density at radius 2 is 0.984 bits per heavy atom. The molecule has 2 aliphatic rings. The summed E-state index contributed by atoms with van der Waals surface area (Å²) in [6.07, 6.45) is 0. The molecule has 10 aromatic rings. The maximum atomic E-state index is 2.65. The summed E-state index contributed by atoms with van der Waals surface area (Å²) in [5, 5.41) is 6.54. The minimum absolute atomic E-state index is 0.00149. The first-order chi connectivity index (χ1) is 29.2. The third-order valence-corrected chi connectivity index (χ3v) is 15.0. The van der Waals surface area contributed by atoms with Crippen molar-refractivity contribution in [3.05, 3.63) is 156 Å². The minimum atomic E-state index is -0.0920. The van der Waals surface area contributed by atoms with Crippen LogP contribution in [-0.2, 0) is 16.2 Å². The summed E-state index contributed by atoms with van der Waals surface area (Å²) in [5.74, 6) is 0. The van der Waals surface area contributed by atoms with Gasteiger partial charge in [0.15, 0.2) is 0 Å². The van der Waals surface area contributed by atoms with Crippen molar-refractivity contribution >= 4 is 105 Å². The van der Waals surface area contributed by atoms with Gasteiger partial charge in [-0.1, -0.05) is 135 Å². The van der Waals surface area contributed by atoms with E-state index in [1.807, 2.05) is 11.3 Å². The van der Waals surface area contributed by atoms with Gasteiger partial charge in [0.25, 0.3) is 6.71 Å². The molecule has 0 atom stereocenters. The van der Waals surface area contributed by atoms with Gasteiger partial charge in [-0.15, -0.1) is 11.3 Å². The first kappa shape index (κ1) is 36.8. The lowest BCUT2D eigenvalue weighted by Gasteiger charge is -2.40. The topological polar surface area (TPSA) is 13.1 Å². The Morgan fingerprint density at radius 3 is 1.62 bits per heavy atom. The second-order valence-electron chi connectivity index (χ2n) is 20.6. The van der Waals surface area contributed by atoms with E-state index in [0.717, 1.165) is 0 Å². The second kappa shape index (κ2) is 12.3. The van der Waals surface area contributed by atoms with Gasteiger partial charge in [0, 0.05) is 59.2 Å². The van der Waals surface area contributed by atoms with E-state index in [0.29, 0.717) is 0 Å². The minimum Gasteiger partial charge on any atom is -0.310 e. The van der Waals surface area contributed by atoms with Crippen molar-refractivity contribution in [2.75, 3.05) is 4.90 Å². The zero-order chi connectivity index (χ0) is 41.9. The third-order valence-electron chi connectivity index (χ3n) is 13.7. The van der Waals surface area contributed by atoms with Crippen LogP contribution < -0.4 is 20.6 Å². The van der Waals surface area contributed by atoms with E-state index >= 15 is 0 Å². The van der Waals surface area contributed by atoms with Gasteiger partial charge in [-0.3, -0.25) is 0 Å². The van der Waals surface area contributed by atoms with Crippen molar-refractivity contribution in [1.29, 1.82) is 0 Å². The summed E-state index contributed by atoms with van der Waals surface area (Å²) in [4.78, 5) is 2.65. The highest BCUT2D eigenvalue weighted by Gasteiger charge is 2.46. The van der Waals surface area contributed by atoms with E-state index in [-0.39, 0.29) is 23.0 Å². The monoisotopic (exact) mass is 807 g/mol. The SMILES string of the molecule is CC(C)(C)c1ccc(N2c3cc(C(C)(C)C)cc4c3B(c3sc5ccc(C(C)(C)C)cc5c32)c2c3c(cc5c6ccccc6n-4c25)c2ccccc2n3-c2ccccc2)cc1. The Hall–Kier alpha value is -6.04. The molecule has 0 saturated heterocycles. The van der Waals surface area contributed by atoms with Gasteiger partial charge in [-0.05, 0) is 111 Å². The van der Waals surface area contributed by atoms with Crippen LogP contribution in [0.3, 0.4) is 0 Å².